The number of aromatic carboxylic acids is 1. The fourth-order valence-corrected chi connectivity index (χ4v) is 3.26. The highest BCUT2D eigenvalue weighted by Crippen LogP contribution is 2.23. The lowest BCUT2D eigenvalue weighted by Gasteiger charge is -2.31. The summed E-state index contributed by atoms with van der Waals surface area (Å²) in [7, 11) is 0. The first-order valence-electron chi connectivity index (χ1n) is 8.37. The zero-order valence-electron chi connectivity index (χ0n) is 13.8. The molecule has 0 atom stereocenters. The van der Waals surface area contributed by atoms with E-state index in [4.69, 9.17) is 5.11 Å². The Morgan fingerprint density at radius 1 is 1.04 bits per heavy atom. The Morgan fingerprint density at radius 3 is 2.36 bits per heavy atom. The van der Waals surface area contributed by atoms with E-state index in [-0.39, 0.29) is 17.5 Å². The van der Waals surface area contributed by atoms with Gasteiger partial charge in [-0.3, -0.25) is 9.69 Å². The molecule has 2 aromatic carbocycles. The van der Waals surface area contributed by atoms with Crippen LogP contribution in [0.5, 0.6) is 0 Å². The van der Waals surface area contributed by atoms with Gasteiger partial charge in [-0.25, -0.2) is 9.18 Å². The molecule has 2 aromatic rings. The van der Waals surface area contributed by atoms with Crippen LogP contribution in [0, 0.1) is 11.7 Å². The highest BCUT2D eigenvalue weighted by atomic mass is 19.1. The van der Waals surface area contributed by atoms with Crippen LogP contribution in [0.2, 0.25) is 0 Å². The smallest absolute Gasteiger partial charge is 0.335 e. The van der Waals surface area contributed by atoms with Crippen molar-refractivity contribution >= 4 is 11.8 Å². The second-order valence-electron chi connectivity index (χ2n) is 6.43. The van der Waals surface area contributed by atoms with Crippen LogP contribution in [0.15, 0.2) is 48.5 Å². The number of nitrogens with zero attached hydrogens (tertiary/aromatic N) is 1. The number of carboxylic acid groups (broad SMARTS) is 1. The molecule has 25 heavy (non-hydrogen) atoms. The zero-order valence-corrected chi connectivity index (χ0v) is 13.8. The molecule has 5 heteroatoms. The number of likely N-dealkylation sites (tertiary alicyclic amines) is 1. The number of ketones is 1. The molecular weight excluding hydrogens is 321 g/mol. The minimum Gasteiger partial charge on any atom is -0.478 e. The van der Waals surface area contributed by atoms with Crippen LogP contribution >= 0.6 is 0 Å². The first kappa shape index (κ1) is 17.3. The Bertz CT molecular complexity index is 765. The largest absolute Gasteiger partial charge is 0.478 e. The highest BCUT2D eigenvalue weighted by molar-refractivity contribution is 5.97. The van der Waals surface area contributed by atoms with Gasteiger partial charge in [-0.05, 0) is 67.9 Å². The Labute approximate surface area is 145 Å². The number of rotatable bonds is 5. The number of benzene rings is 2. The van der Waals surface area contributed by atoms with Crippen LogP contribution < -0.4 is 0 Å². The number of carbonyl (C=O) groups excluding carboxylic acids is 1. The molecule has 1 saturated heterocycles. The van der Waals surface area contributed by atoms with Gasteiger partial charge in [0.15, 0.2) is 5.78 Å². The van der Waals surface area contributed by atoms with E-state index in [1.165, 1.54) is 12.1 Å². The van der Waals surface area contributed by atoms with E-state index in [0.29, 0.717) is 17.7 Å². The number of carboxylic acids is 1. The lowest BCUT2D eigenvalue weighted by Crippen LogP contribution is -2.36. The van der Waals surface area contributed by atoms with Crippen LogP contribution in [0.25, 0.3) is 0 Å². The molecule has 0 bridgehead atoms. The van der Waals surface area contributed by atoms with Gasteiger partial charge in [0.1, 0.15) is 5.82 Å². The molecule has 1 fully saturated rings. The summed E-state index contributed by atoms with van der Waals surface area (Å²) in [5.74, 6) is -1.22. The molecule has 1 aliphatic heterocycles. The molecule has 1 aliphatic rings. The molecule has 0 aliphatic carbocycles. The number of carbonyl (C=O) groups is 2. The summed E-state index contributed by atoms with van der Waals surface area (Å²) in [5.41, 5.74) is 1.82. The van der Waals surface area contributed by atoms with Crippen molar-refractivity contribution in [1.82, 2.24) is 4.90 Å². The number of halogens is 1. The first-order valence-corrected chi connectivity index (χ1v) is 8.37. The van der Waals surface area contributed by atoms with E-state index >= 15 is 0 Å². The van der Waals surface area contributed by atoms with Crippen molar-refractivity contribution < 1.29 is 19.1 Å². The third-order valence-corrected chi connectivity index (χ3v) is 4.67. The molecule has 1 N–H and O–H groups in total. The summed E-state index contributed by atoms with van der Waals surface area (Å²) in [5, 5.41) is 9.06. The predicted octanol–water partition coefficient (Wildman–Crippen LogP) is 3.62. The molecule has 130 valence electrons. The Balaban J connectivity index is 1.56. The Hall–Kier alpha value is -2.53. The van der Waals surface area contributed by atoms with E-state index in [0.717, 1.165) is 31.5 Å². The van der Waals surface area contributed by atoms with Crippen LogP contribution in [0.1, 0.15) is 39.1 Å². The van der Waals surface area contributed by atoms with Gasteiger partial charge in [0.25, 0.3) is 0 Å². The van der Waals surface area contributed by atoms with Crippen molar-refractivity contribution in [2.45, 2.75) is 19.4 Å². The Morgan fingerprint density at radius 2 is 1.72 bits per heavy atom. The second-order valence-corrected chi connectivity index (χ2v) is 6.43. The van der Waals surface area contributed by atoms with Gasteiger partial charge in [0.05, 0.1) is 5.56 Å². The predicted molar refractivity (Wildman–Crippen MR) is 92.1 cm³/mol. The fraction of sp³-hybridized carbons (Fsp3) is 0.300. The first-order chi connectivity index (χ1) is 12.0. The van der Waals surface area contributed by atoms with Crippen LogP contribution in [-0.2, 0) is 6.54 Å². The summed E-state index contributed by atoms with van der Waals surface area (Å²) < 4.78 is 13.0. The molecule has 0 unspecified atom stereocenters. The molecule has 3 rings (SSSR count). The highest BCUT2D eigenvalue weighted by Gasteiger charge is 2.25. The quantitative estimate of drug-likeness (QED) is 0.844. The van der Waals surface area contributed by atoms with Crippen LogP contribution in [0.3, 0.4) is 0 Å². The summed E-state index contributed by atoms with van der Waals surface area (Å²) in [6, 6.07) is 12.7. The zero-order chi connectivity index (χ0) is 17.8. The van der Waals surface area contributed by atoms with Crippen molar-refractivity contribution in [2.24, 2.45) is 5.92 Å². The van der Waals surface area contributed by atoms with Gasteiger partial charge in [-0.2, -0.15) is 0 Å². The molecule has 0 aromatic heterocycles. The van der Waals surface area contributed by atoms with E-state index in [9.17, 15) is 14.0 Å². The van der Waals surface area contributed by atoms with Crippen molar-refractivity contribution in [3.05, 3.63) is 71.0 Å². The molecule has 1 heterocycles. The van der Waals surface area contributed by atoms with Crippen LogP contribution in [0.4, 0.5) is 4.39 Å². The average molecular weight is 341 g/mol. The molecule has 0 amide bonds. The number of Topliss-reactive ketones (excluding diaryl/α,β-unsaturated/α-hetero) is 1. The molecule has 4 nitrogen and oxygen atoms in total. The van der Waals surface area contributed by atoms with Gasteiger partial charge in [-0.15, -0.1) is 0 Å². The summed E-state index contributed by atoms with van der Waals surface area (Å²) >= 11 is 0. The normalized spacial score (nSPS) is 15.9. The van der Waals surface area contributed by atoms with Crippen LogP contribution in [-0.4, -0.2) is 34.8 Å². The maximum Gasteiger partial charge on any atom is 0.335 e. The van der Waals surface area contributed by atoms with Crippen molar-refractivity contribution in [2.75, 3.05) is 13.1 Å². The number of hydrogen-bond acceptors (Lipinski definition) is 3. The Kier molecular flexibility index (Phi) is 5.24. The van der Waals surface area contributed by atoms with Crippen molar-refractivity contribution in [1.29, 1.82) is 0 Å². The van der Waals surface area contributed by atoms with Gasteiger partial charge >= 0.3 is 5.97 Å². The lowest BCUT2D eigenvalue weighted by molar-refractivity contribution is 0.0695. The van der Waals surface area contributed by atoms with Crippen molar-refractivity contribution in [3.63, 3.8) is 0 Å². The monoisotopic (exact) mass is 341 g/mol. The third-order valence-electron chi connectivity index (χ3n) is 4.67. The molecular formula is C20H20FNO3. The standard InChI is InChI=1S/C20H20FNO3/c21-18-6-4-15(5-7-18)19(23)16-8-10-22(11-9-16)13-14-2-1-3-17(12-14)20(24)25/h1-7,12,16H,8-11,13H2,(H,24,25). The summed E-state index contributed by atoms with van der Waals surface area (Å²) in [4.78, 5) is 25.8. The molecule has 0 saturated carbocycles. The maximum atomic E-state index is 13.0. The summed E-state index contributed by atoms with van der Waals surface area (Å²) in [6.07, 6.45) is 1.52. The minimum atomic E-state index is -0.926. The number of hydrogen-bond donors (Lipinski definition) is 1. The van der Waals surface area contributed by atoms with Gasteiger partial charge in [0.2, 0.25) is 0 Å². The van der Waals surface area contributed by atoms with Gasteiger partial charge in [-0.1, -0.05) is 12.1 Å². The SMILES string of the molecule is O=C(O)c1cccc(CN2CCC(C(=O)c3ccc(F)cc3)CC2)c1. The fourth-order valence-electron chi connectivity index (χ4n) is 3.26. The maximum absolute atomic E-state index is 13.0. The number of piperidine rings is 1. The minimum absolute atomic E-state index is 0.0351. The summed E-state index contributed by atoms with van der Waals surface area (Å²) in [6.45, 7) is 2.25. The van der Waals surface area contributed by atoms with E-state index in [2.05, 4.69) is 4.90 Å². The third kappa shape index (κ3) is 4.31. The van der Waals surface area contributed by atoms with Gasteiger partial charge in [0, 0.05) is 18.0 Å². The molecule has 0 radical (unpaired) electrons. The van der Waals surface area contributed by atoms with Crippen molar-refractivity contribution in [3.8, 4) is 0 Å². The average Bonchev–Trinajstić information content (AvgIpc) is 2.63. The van der Waals surface area contributed by atoms with Gasteiger partial charge < -0.3 is 5.11 Å². The molecule has 0 spiro atoms. The second kappa shape index (κ2) is 7.57. The van der Waals surface area contributed by atoms with E-state index in [1.807, 2.05) is 6.07 Å². The van der Waals surface area contributed by atoms with E-state index < -0.39 is 5.97 Å². The van der Waals surface area contributed by atoms with E-state index in [1.54, 1.807) is 30.3 Å². The topological polar surface area (TPSA) is 57.6 Å². The lowest BCUT2D eigenvalue weighted by atomic mass is 9.88.